The van der Waals surface area contributed by atoms with Crippen molar-refractivity contribution < 1.29 is 4.79 Å². The van der Waals surface area contributed by atoms with E-state index in [0.29, 0.717) is 5.69 Å². The number of Topliss-reactive ketones (excluding diaryl/α,β-unsaturated/α-hetero) is 1. The summed E-state index contributed by atoms with van der Waals surface area (Å²) in [6, 6.07) is 0. The molecule has 1 aromatic rings. The van der Waals surface area contributed by atoms with Gasteiger partial charge >= 0.3 is 5.69 Å². The molecule has 1 rings (SSSR count). The lowest BCUT2D eigenvalue weighted by Crippen LogP contribution is -2.10. The zero-order valence-corrected chi connectivity index (χ0v) is 6.47. The summed E-state index contributed by atoms with van der Waals surface area (Å²) < 4.78 is 0. The Balaban J connectivity index is 2.94. The van der Waals surface area contributed by atoms with E-state index in [1.165, 1.54) is 6.20 Å². The minimum absolute atomic E-state index is 0.0525. The van der Waals surface area contributed by atoms with E-state index in [1.54, 1.807) is 13.8 Å². The maximum Gasteiger partial charge on any atom is 0.323 e. The van der Waals surface area contributed by atoms with E-state index in [4.69, 9.17) is 0 Å². The molecule has 0 saturated carbocycles. The third-order valence-corrected chi connectivity index (χ3v) is 1.39. The second-order valence-electron chi connectivity index (χ2n) is 2.68. The molecule has 0 aliphatic heterocycles. The van der Waals surface area contributed by atoms with Crippen LogP contribution < -0.4 is 5.69 Å². The molecule has 0 fully saturated rings. The van der Waals surface area contributed by atoms with Crippen LogP contribution in [-0.2, 0) is 0 Å². The van der Waals surface area contributed by atoms with Crippen LogP contribution in [0.1, 0.15) is 24.3 Å². The van der Waals surface area contributed by atoms with Crippen molar-refractivity contribution in [3.05, 3.63) is 22.4 Å². The SMILES string of the molecule is CC(C)C(=O)c1c[nH]c(=O)[nH]1. The largest absolute Gasteiger partial charge is 0.323 e. The van der Waals surface area contributed by atoms with Crippen LogP contribution in [0.3, 0.4) is 0 Å². The fourth-order valence-electron chi connectivity index (χ4n) is 0.776. The van der Waals surface area contributed by atoms with Crippen LogP contribution >= 0.6 is 0 Å². The third-order valence-electron chi connectivity index (χ3n) is 1.39. The van der Waals surface area contributed by atoms with Gasteiger partial charge in [0, 0.05) is 12.1 Å². The summed E-state index contributed by atoms with van der Waals surface area (Å²) in [5.74, 6) is -0.134. The first-order chi connectivity index (χ1) is 5.11. The van der Waals surface area contributed by atoms with Gasteiger partial charge in [0.25, 0.3) is 0 Å². The number of aromatic nitrogens is 2. The standard InChI is InChI=1S/C7H10N2O2/c1-4(2)6(10)5-3-8-7(11)9-5/h3-4H,1-2H3,(H2,8,9,11). The summed E-state index contributed by atoms with van der Waals surface area (Å²) >= 11 is 0. The highest BCUT2D eigenvalue weighted by Crippen LogP contribution is 2.01. The van der Waals surface area contributed by atoms with Crippen LogP contribution in [0.5, 0.6) is 0 Å². The molecule has 0 saturated heterocycles. The number of hydrogen-bond acceptors (Lipinski definition) is 2. The summed E-state index contributed by atoms with van der Waals surface area (Å²) in [5, 5.41) is 0. The van der Waals surface area contributed by atoms with Gasteiger partial charge in [-0.2, -0.15) is 0 Å². The number of rotatable bonds is 2. The van der Waals surface area contributed by atoms with Crippen LogP contribution in [0, 0.1) is 5.92 Å². The third kappa shape index (κ3) is 1.58. The van der Waals surface area contributed by atoms with Crippen molar-refractivity contribution >= 4 is 5.78 Å². The molecule has 0 atom stereocenters. The van der Waals surface area contributed by atoms with Gasteiger partial charge in [-0.15, -0.1) is 0 Å². The molecule has 60 valence electrons. The Hall–Kier alpha value is -1.32. The van der Waals surface area contributed by atoms with Crippen molar-refractivity contribution in [3.8, 4) is 0 Å². The number of imidazole rings is 1. The Kier molecular flexibility index (Phi) is 1.94. The van der Waals surface area contributed by atoms with Gasteiger partial charge in [0.15, 0.2) is 5.78 Å². The Bertz CT molecular complexity index is 308. The first kappa shape index (κ1) is 7.78. The Morgan fingerprint density at radius 3 is 2.55 bits per heavy atom. The number of ketones is 1. The van der Waals surface area contributed by atoms with E-state index in [2.05, 4.69) is 9.97 Å². The van der Waals surface area contributed by atoms with Gasteiger partial charge < -0.3 is 9.97 Å². The number of H-pyrrole nitrogens is 2. The normalized spacial score (nSPS) is 10.5. The fraction of sp³-hybridized carbons (Fsp3) is 0.429. The van der Waals surface area contributed by atoms with E-state index in [-0.39, 0.29) is 17.4 Å². The molecule has 0 amide bonds. The summed E-state index contributed by atoms with van der Waals surface area (Å²) in [4.78, 5) is 26.5. The van der Waals surface area contributed by atoms with Gasteiger partial charge in [0.05, 0.1) is 0 Å². The number of nitrogens with one attached hydrogen (secondary N) is 2. The maximum atomic E-state index is 11.2. The van der Waals surface area contributed by atoms with E-state index in [9.17, 15) is 9.59 Å². The van der Waals surface area contributed by atoms with Gasteiger partial charge in [-0.1, -0.05) is 13.8 Å². The van der Waals surface area contributed by atoms with Gasteiger partial charge in [-0.3, -0.25) is 4.79 Å². The first-order valence-electron chi connectivity index (χ1n) is 3.43. The molecule has 0 unspecified atom stereocenters. The molecule has 4 heteroatoms. The Morgan fingerprint density at radius 2 is 2.18 bits per heavy atom. The predicted octanol–water partition coefficient (Wildman–Crippen LogP) is 0.542. The molecular weight excluding hydrogens is 144 g/mol. The number of carbonyl (C=O) groups is 1. The lowest BCUT2D eigenvalue weighted by atomic mass is 10.1. The molecular formula is C7H10N2O2. The average Bonchev–Trinajstić information content (AvgIpc) is 2.34. The first-order valence-corrected chi connectivity index (χ1v) is 3.43. The van der Waals surface area contributed by atoms with Crippen LogP contribution in [0.2, 0.25) is 0 Å². The molecule has 0 aliphatic rings. The van der Waals surface area contributed by atoms with E-state index >= 15 is 0 Å². The van der Waals surface area contributed by atoms with Crippen molar-refractivity contribution in [1.82, 2.24) is 9.97 Å². The highest BCUT2D eigenvalue weighted by atomic mass is 16.1. The van der Waals surface area contributed by atoms with Crippen molar-refractivity contribution in [2.75, 3.05) is 0 Å². The maximum absolute atomic E-state index is 11.2. The lowest BCUT2D eigenvalue weighted by molar-refractivity contribution is 0.0935. The molecule has 2 N–H and O–H groups in total. The molecule has 0 radical (unpaired) electrons. The Morgan fingerprint density at radius 1 is 1.55 bits per heavy atom. The Labute approximate surface area is 63.6 Å². The minimum atomic E-state index is -0.339. The highest BCUT2D eigenvalue weighted by Gasteiger charge is 2.11. The minimum Gasteiger partial charge on any atom is -0.312 e. The van der Waals surface area contributed by atoms with Gasteiger partial charge in [-0.25, -0.2) is 4.79 Å². The smallest absolute Gasteiger partial charge is 0.312 e. The molecule has 0 aromatic carbocycles. The lowest BCUT2D eigenvalue weighted by Gasteiger charge is -1.97. The van der Waals surface area contributed by atoms with Crippen molar-refractivity contribution in [2.24, 2.45) is 5.92 Å². The van der Waals surface area contributed by atoms with Crippen molar-refractivity contribution in [2.45, 2.75) is 13.8 Å². The fourth-order valence-corrected chi connectivity index (χ4v) is 0.776. The van der Waals surface area contributed by atoms with Crippen molar-refractivity contribution in [3.63, 3.8) is 0 Å². The predicted molar refractivity (Wildman–Crippen MR) is 40.6 cm³/mol. The number of carbonyl (C=O) groups excluding carboxylic acids is 1. The molecule has 11 heavy (non-hydrogen) atoms. The summed E-state index contributed by atoms with van der Waals surface area (Å²) in [7, 11) is 0. The quantitative estimate of drug-likeness (QED) is 0.610. The van der Waals surface area contributed by atoms with Crippen LogP contribution in [0.15, 0.2) is 11.0 Å². The topological polar surface area (TPSA) is 65.7 Å². The summed E-state index contributed by atoms with van der Waals surface area (Å²) in [6.07, 6.45) is 1.39. The second kappa shape index (κ2) is 2.74. The summed E-state index contributed by atoms with van der Waals surface area (Å²) in [5.41, 5.74) is 0.0130. The van der Waals surface area contributed by atoms with Gasteiger partial charge in [0.1, 0.15) is 5.69 Å². The molecule has 0 bridgehead atoms. The number of aromatic amines is 2. The van der Waals surface area contributed by atoms with Crippen LogP contribution in [0.25, 0.3) is 0 Å². The zero-order valence-electron chi connectivity index (χ0n) is 6.47. The highest BCUT2D eigenvalue weighted by molar-refractivity contribution is 5.95. The van der Waals surface area contributed by atoms with Crippen molar-refractivity contribution in [1.29, 1.82) is 0 Å². The number of hydrogen-bond donors (Lipinski definition) is 2. The second-order valence-corrected chi connectivity index (χ2v) is 2.68. The monoisotopic (exact) mass is 154 g/mol. The van der Waals surface area contributed by atoms with Gasteiger partial charge in [-0.05, 0) is 0 Å². The van der Waals surface area contributed by atoms with Gasteiger partial charge in [0.2, 0.25) is 0 Å². The van der Waals surface area contributed by atoms with E-state index in [0.717, 1.165) is 0 Å². The van der Waals surface area contributed by atoms with E-state index in [1.807, 2.05) is 0 Å². The summed E-state index contributed by atoms with van der Waals surface area (Å²) in [6.45, 7) is 3.57. The van der Waals surface area contributed by atoms with Crippen LogP contribution in [0.4, 0.5) is 0 Å². The van der Waals surface area contributed by atoms with E-state index < -0.39 is 0 Å². The molecule has 4 nitrogen and oxygen atoms in total. The van der Waals surface area contributed by atoms with Crippen LogP contribution in [-0.4, -0.2) is 15.8 Å². The molecule has 1 heterocycles. The molecule has 0 spiro atoms. The molecule has 0 aliphatic carbocycles. The average molecular weight is 154 g/mol. The molecule has 1 aromatic heterocycles. The zero-order chi connectivity index (χ0) is 8.43.